The van der Waals surface area contributed by atoms with Crippen molar-refractivity contribution >= 4 is 6.08 Å². The molecule has 0 spiro atoms. The van der Waals surface area contributed by atoms with Crippen molar-refractivity contribution in [1.29, 1.82) is 0 Å². The Bertz CT molecular complexity index is 280. The highest BCUT2D eigenvalue weighted by Crippen LogP contribution is 2.05. The number of halogens is 1. The molecule has 3 heteroatoms. The van der Waals surface area contributed by atoms with E-state index in [0.717, 1.165) is 5.56 Å². The van der Waals surface area contributed by atoms with Gasteiger partial charge in [0.05, 0.1) is 0 Å². The van der Waals surface area contributed by atoms with E-state index in [1.807, 2.05) is 18.2 Å². The Hall–Kier alpha value is -1.47. The first-order chi connectivity index (χ1) is 5.83. The van der Waals surface area contributed by atoms with E-state index in [-0.39, 0.29) is 6.42 Å². The summed E-state index contributed by atoms with van der Waals surface area (Å²) in [4.78, 5) is 12.6. The van der Waals surface area contributed by atoms with Gasteiger partial charge < -0.3 is 0 Å². The fourth-order valence-electron chi connectivity index (χ4n) is 0.911. The molecule has 0 radical (unpaired) electrons. The minimum atomic E-state index is -1.47. The predicted molar refractivity (Wildman–Crippen MR) is 43.2 cm³/mol. The van der Waals surface area contributed by atoms with Gasteiger partial charge in [0.1, 0.15) is 0 Å². The molecule has 2 nitrogen and oxygen atoms in total. The summed E-state index contributed by atoms with van der Waals surface area (Å²) in [6.07, 6.45) is -0.145. The molecule has 0 N–H and O–H groups in total. The van der Waals surface area contributed by atoms with Gasteiger partial charge in [-0.3, -0.25) is 0 Å². The maximum absolute atomic E-state index is 12.7. The zero-order valence-electron chi connectivity index (χ0n) is 6.40. The first kappa shape index (κ1) is 8.62. The lowest BCUT2D eigenvalue weighted by Gasteiger charge is -1.99. The van der Waals surface area contributed by atoms with Crippen molar-refractivity contribution in [1.82, 2.24) is 0 Å². The number of isocyanates is 1. The molecular weight excluding hydrogens is 157 g/mol. The van der Waals surface area contributed by atoms with E-state index >= 15 is 0 Å². The molecule has 0 fully saturated rings. The molecule has 0 bridgehead atoms. The highest BCUT2D eigenvalue weighted by Gasteiger charge is 2.03. The zero-order chi connectivity index (χ0) is 8.81. The molecule has 62 valence electrons. The summed E-state index contributed by atoms with van der Waals surface area (Å²) < 4.78 is 12.7. The highest BCUT2D eigenvalue weighted by molar-refractivity contribution is 5.33. The standard InChI is InChI=1S/C9H8FNO/c10-9(11-7-12)6-8-4-2-1-3-5-8/h1-5,9H,6H2. The Kier molecular flexibility index (Phi) is 3.17. The third-order valence-electron chi connectivity index (χ3n) is 1.44. The van der Waals surface area contributed by atoms with Crippen LogP contribution in [0, 0.1) is 0 Å². The lowest BCUT2D eigenvalue weighted by molar-refractivity contribution is 0.344. The SMILES string of the molecule is O=C=NC(F)Cc1ccccc1. The second-order valence-corrected chi connectivity index (χ2v) is 2.34. The molecule has 0 saturated heterocycles. The van der Waals surface area contributed by atoms with Crippen molar-refractivity contribution in [3.05, 3.63) is 35.9 Å². The van der Waals surface area contributed by atoms with Crippen molar-refractivity contribution < 1.29 is 9.18 Å². The molecule has 1 rings (SSSR count). The lowest BCUT2D eigenvalue weighted by atomic mass is 10.1. The average Bonchev–Trinajstić information content (AvgIpc) is 2.06. The average molecular weight is 165 g/mol. The van der Waals surface area contributed by atoms with Crippen LogP contribution < -0.4 is 0 Å². The van der Waals surface area contributed by atoms with E-state index in [1.54, 1.807) is 12.1 Å². The summed E-state index contributed by atoms with van der Waals surface area (Å²) in [6, 6.07) is 9.04. The lowest BCUT2D eigenvalue weighted by Crippen LogP contribution is -1.99. The number of aliphatic imine (C=N–C) groups is 1. The Morgan fingerprint density at radius 3 is 2.67 bits per heavy atom. The van der Waals surface area contributed by atoms with Crippen LogP contribution >= 0.6 is 0 Å². The Balaban J connectivity index is 2.58. The summed E-state index contributed by atoms with van der Waals surface area (Å²) in [5, 5.41) is 0. The zero-order valence-corrected chi connectivity index (χ0v) is 6.40. The van der Waals surface area contributed by atoms with Crippen LogP contribution in [0.1, 0.15) is 5.56 Å². The molecule has 0 aliphatic rings. The summed E-state index contributed by atoms with van der Waals surface area (Å²) in [5.41, 5.74) is 0.823. The van der Waals surface area contributed by atoms with Gasteiger partial charge in [0.15, 0.2) is 0 Å². The third-order valence-corrected chi connectivity index (χ3v) is 1.44. The number of hydrogen-bond donors (Lipinski definition) is 0. The number of hydrogen-bond acceptors (Lipinski definition) is 2. The molecule has 1 aromatic carbocycles. The number of benzene rings is 1. The quantitative estimate of drug-likeness (QED) is 0.382. The van der Waals surface area contributed by atoms with Gasteiger partial charge in [-0.25, -0.2) is 9.18 Å². The number of alkyl halides is 1. The van der Waals surface area contributed by atoms with Crippen molar-refractivity contribution in [3.8, 4) is 0 Å². The van der Waals surface area contributed by atoms with E-state index in [4.69, 9.17) is 0 Å². The molecule has 0 heterocycles. The van der Waals surface area contributed by atoms with Crippen molar-refractivity contribution in [2.45, 2.75) is 12.7 Å². The summed E-state index contributed by atoms with van der Waals surface area (Å²) in [5.74, 6) is 0. The van der Waals surface area contributed by atoms with Gasteiger partial charge >= 0.3 is 0 Å². The molecule has 1 unspecified atom stereocenters. The van der Waals surface area contributed by atoms with Crippen molar-refractivity contribution in [3.63, 3.8) is 0 Å². The van der Waals surface area contributed by atoms with E-state index in [0.29, 0.717) is 0 Å². The molecule has 1 atom stereocenters. The smallest absolute Gasteiger partial charge is 0.221 e. The van der Waals surface area contributed by atoms with Crippen LogP contribution in [0.2, 0.25) is 0 Å². The number of nitrogens with zero attached hydrogens (tertiary/aromatic N) is 1. The van der Waals surface area contributed by atoms with Gasteiger partial charge in [-0.05, 0) is 5.56 Å². The number of rotatable bonds is 3. The fraction of sp³-hybridized carbons (Fsp3) is 0.222. The Morgan fingerprint density at radius 2 is 2.08 bits per heavy atom. The van der Waals surface area contributed by atoms with Crippen LogP contribution in [0.25, 0.3) is 0 Å². The topological polar surface area (TPSA) is 29.4 Å². The van der Waals surface area contributed by atoms with E-state index in [9.17, 15) is 9.18 Å². The Morgan fingerprint density at radius 1 is 1.42 bits per heavy atom. The van der Waals surface area contributed by atoms with Crippen LogP contribution in [-0.4, -0.2) is 12.4 Å². The molecule has 0 amide bonds. The summed E-state index contributed by atoms with van der Waals surface area (Å²) in [6.45, 7) is 0. The monoisotopic (exact) mass is 165 g/mol. The Labute approximate surface area is 69.7 Å². The molecule has 1 aromatic rings. The summed E-state index contributed by atoms with van der Waals surface area (Å²) >= 11 is 0. The van der Waals surface area contributed by atoms with Gasteiger partial charge in [-0.15, -0.1) is 0 Å². The maximum atomic E-state index is 12.7. The molecule has 0 aliphatic heterocycles. The highest BCUT2D eigenvalue weighted by atomic mass is 19.1. The van der Waals surface area contributed by atoms with Crippen LogP contribution in [0.3, 0.4) is 0 Å². The van der Waals surface area contributed by atoms with Crippen molar-refractivity contribution in [2.75, 3.05) is 0 Å². The van der Waals surface area contributed by atoms with E-state index in [1.165, 1.54) is 6.08 Å². The minimum absolute atomic E-state index is 0.135. The first-order valence-electron chi connectivity index (χ1n) is 3.58. The van der Waals surface area contributed by atoms with E-state index < -0.39 is 6.30 Å². The normalized spacial score (nSPS) is 11.8. The second-order valence-electron chi connectivity index (χ2n) is 2.34. The molecule has 0 aromatic heterocycles. The van der Waals surface area contributed by atoms with E-state index in [2.05, 4.69) is 4.99 Å². The van der Waals surface area contributed by atoms with Crippen LogP contribution in [0.5, 0.6) is 0 Å². The van der Waals surface area contributed by atoms with Crippen molar-refractivity contribution in [2.24, 2.45) is 4.99 Å². The minimum Gasteiger partial charge on any atom is -0.221 e. The maximum Gasteiger partial charge on any atom is 0.237 e. The van der Waals surface area contributed by atoms with Gasteiger partial charge in [0.25, 0.3) is 0 Å². The van der Waals surface area contributed by atoms with Gasteiger partial charge in [-0.1, -0.05) is 30.3 Å². The summed E-state index contributed by atoms with van der Waals surface area (Å²) in [7, 11) is 0. The van der Waals surface area contributed by atoms with Crippen LogP contribution in [0.4, 0.5) is 4.39 Å². The van der Waals surface area contributed by atoms with Crippen LogP contribution in [0.15, 0.2) is 35.3 Å². The van der Waals surface area contributed by atoms with Gasteiger partial charge in [0.2, 0.25) is 12.4 Å². The first-order valence-corrected chi connectivity index (χ1v) is 3.58. The molecule has 12 heavy (non-hydrogen) atoms. The predicted octanol–water partition coefficient (Wildman–Crippen LogP) is 1.86. The molecule has 0 aliphatic carbocycles. The van der Waals surface area contributed by atoms with Gasteiger partial charge in [-0.2, -0.15) is 4.99 Å². The largest absolute Gasteiger partial charge is 0.237 e. The van der Waals surface area contributed by atoms with Gasteiger partial charge in [0, 0.05) is 6.42 Å². The van der Waals surface area contributed by atoms with Crippen LogP contribution in [-0.2, 0) is 11.2 Å². The molecular formula is C9H8FNO. The number of carbonyl (C=O) groups excluding carboxylic acids is 1. The third kappa shape index (κ3) is 2.64. The second kappa shape index (κ2) is 4.42. The fourth-order valence-corrected chi connectivity index (χ4v) is 0.911. The molecule has 0 saturated carbocycles.